The molecule has 190 valence electrons. The van der Waals surface area contributed by atoms with Crippen LogP contribution in [0.3, 0.4) is 0 Å². The molecule has 2 amide bonds. The Morgan fingerprint density at radius 3 is 2.30 bits per heavy atom. The van der Waals surface area contributed by atoms with Crippen molar-refractivity contribution in [3.8, 4) is 28.3 Å². The van der Waals surface area contributed by atoms with Crippen LogP contribution >= 0.6 is 0 Å². The Morgan fingerprint density at radius 1 is 0.946 bits per heavy atom. The van der Waals surface area contributed by atoms with Gasteiger partial charge in [-0.05, 0) is 54.4 Å². The van der Waals surface area contributed by atoms with Crippen LogP contribution in [0.5, 0.6) is 11.5 Å². The number of ether oxygens (including phenoxy) is 2. The van der Waals surface area contributed by atoms with E-state index in [0.717, 1.165) is 16.8 Å². The smallest absolute Gasteiger partial charge is 0.272 e. The molecule has 1 unspecified atom stereocenters. The number of benzene rings is 3. The fourth-order valence-corrected chi connectivity index (χ4v) is 3.92. The van der Waals surface area contributed by atoms with Gasteiger partial charge in [0.1, 0.15) is 0 Å². The normalized spacial score (nSPS) is 11.5. The number of nitrogens with zero attached hydrogens (tertiary/aromatic N) is 2. The van der Waals surface area contributed by atoms with Crippen molar-refractivity contribution in [1.82, 2.24) is 15.1 Å². The first-order chi connectivity index (χ1) is 17.9. The standard InChI is InChI=1S/C29H30N4O4/c1-5-27(34)31-22-14-11-20(12-15-22)19(2)30-29(35)28-24(18-33(32-28)23-9-7-6-8-10-23)21-13-16-25(36-3)26(17-21)37-4/h6-19H,5H2,1-4H3,(H,30,35)(H,31,34). The average Bonchev–Trinajstić information content (AvgIpc) is 3.39. The van der Waals surface area contributed by atoms with Gasteiger partial charge in [0, 0.05) is 23.9 Å². The number of hydrogen-bond acceptors (Lipinski definition) is 5. The van der Waals surface area contributed by atoms with Crippen molar-refractivity contribution in [1.29, 1.82) is 0 Å². The predicted molar refractivity (Wildman–Crippen MR) is 143 cm³/mol. The number of rotatable bonds is 9. The van der Waals surface area contributed by atoms with E-state index < -0.39 is 0 Å². The summed E-state index contributed by atoms with van der Waals surface area (Å²) in [6, 6.07) is 22.2. The summed E-state index contributed by atoms with van der Waals surface area (Å²) in [6.45, 7) is 3.71. The van der Waals surface area contributed by atoms with Gasteiger partial charge >= 0.3 is 0 Å². The monoisotopic (exact) mass is 498 g/mol. The summed E-state index contributed by atoms with van der Waals surface area (Å²) >= 11 is 0. The molecule has 0 fully saturated rings. The molecule has 4 aromatic rings. The summed E-state index contributed by atoms with van der Waals surface area (Å²) in [6.07, 6.45) is 2.24. The molecular formula is C29H30N4O4. The summed E-state index contributed by atoms with van der Waals surface area (Å²) in [5.41, 5.74) is 4.17. The molecule has 4 rings (SSSR count). The van der Waals surface area contributed by atoms with E-state index in [2.05, 4.69) is 15.7 Å². The molecule has 0 saturated heterocycles. The topological polar surface area (TPSA) is 94.5 Å². The molecule has 0 aliphatic carbocycles. The van der Waals surface area contributed by atoms with E-state index in [1.54, 1.807) is 31.9 Å². The van der Waals surface area contributed by atoms with Crippen LogP contribution in [0.1, 0.15) is 42.4 Å². The van der Waals surface area contributed by atoms with Gasteiger partial charge in [-0.25, -0.2) is 4.68 Å². The Morgan fingerprint density at radius 2 is 1.65 bits per heavy atom. The number of carbonyl (C=O) groups is 2. The molecule has 0 saturated carbocycles. The number of amides is 2. The van der Waals surface area contributed by atoms with E-state index in [1.165, 1.54) is 0 Å². The fourth-order valence-electron chi connectivity index (χ4n) is 3.92. The molecule has 0 aliphatic rings. The van der Waals surface area contributed by atoms with Crippen molar-refractivity contribution in [3.05, 3.63) is 90.3 Å². The van der Waals surface area contributed by atoms with E-state index in [0.29, 0.717) is 29.2 Å². The van der Waals surface area contributed by atoms with Crippen LogP contribution in [0.15, 0.2) is 79.0 Å². The highest BCUT2D eigenvalue weighted by Crippen LogP contribution is 2.34. The number of aromatic nitrogens is 2. The highest BCUT2D eigenvalue weighted by Gasteiger charge is 2.22. The lowest BCUT2D eigenvalue weighted by molar-refractivity contribution is -0.115. The Labute approximate surface area is 216 Å². The lowest BCUT2D eigenvalue weighted by atomic mass is 10.0. The Kier molecular flexibility index (Phi) is 7.88. The van der Waals surface area contributed by atoms with Crippen LogP contribution in [0.25, 0.3) is 16.8 Å². The van der Waals surface area contributed by atoms with Crippen molar-refractivity contribution in [3.63, 3.8) is 0 Å². The van der Waals surface area contributed by atoms with Crippen LogP contribution in [-0.4, -0.2) is 35.8 Å². The van der Waals surface area contributed by atoms with Gasteiger partial charge in [0.15, 0.2) is 17.2 Å². The molecule has 3 aromatic carbocycles. The van der Waals surface area contributed by atoms with Crippen LogP contribution in [0, 0.1) is 0 Å². The zero-order chi connectivity index (χ0) is 26.4. The van der Waals surface area contributed by atoms with Crippen molar-refractivity contribution in [2.24, 2.45) is 0 Å². The molecule has 0 radical (unpaired) electrons. The third-order valence-corrected chi connectivity index (χ3v) is 6.01. The maximum atomic E-state index is 13.5. The molecule has 0 spiro atoms. The highest BCUT2D eigenvalue weighted by molar-refractivity contribution is 5.99. The first-order valence-electron chi connectivity index (χ1n) is 12.0. The average molecular weight is 499 g/mol. The SMILES string of the molecule is CCC(=O)Nc1ccc(C(C)NC(=O)c2nn(-c3ccccc3)cc2-c2ccc(OC)c(OC)c2)cc1. The van der Waals surface area contributed by atoms with E-state index in [-0.39, 0.29) is 23.6 Å². The molecule has 8 nitrogen and oxygen atoms in total. The first kappa shape index (κ1) is 25.5. The van der Waals surface area contributed by atoms with E-state index in [1.807, 2.05) is 79.9 Å². The van der Waals surface area contributed by atoms with Gasteiger partial charge in [0.05, 0.1) is 25.9 Å². The minimum atomic E-state index is -0.310. The number of carbonyl (C=O) groups excluding carboxylic acids is 2. The van der Waals surface area contributed by atoms with Gasteiger partial charge in [-0.2, -0.15) is 5.10 Å². The van der Waals surface area contributed by atoms with Gasteiger partial charge in [0.25, 0.3) is 5.91 Å². The summed E-state index contributed by atoms with van der Waals surface area (Å²) < 4.78 is 12.5. The second kappa shape index (κ2) is 11.4. The zero-order valence-corrected chi connectivity index (χ0v) is 21.3. The third kappa shape index (κ3) is 5.81. The lowest BCUT2D eigenvalue weighted by Gasteiger charge is -2.15. The third-order valence-electron chi connectivity index (χ3n) is 6.01. The number of hydrogen-bond donors (Lipinski definition) is 2. The van der Waals surface area contributed by atoms with E-state index >= 15 is 0 Å². The van der Waals surface area contributed by atoms with Crippen LogP contribution in [0.4, 0.5) is 5.69 Å². The number of methoxy groups -OCH3 is 2. The molecular weight excluding hydrogens is 468 g/mol. The molecule has 2 N–H and O–H groups in total. The van der Waals surface area contributed by atoms with Crippen LogP contribution < -0.4 is 20.1 Å². The Hall–Kier alpha value is -4.59. The summed E-state index contributed by atoms with van der Waals surface area (Å²) in [7, 11) is 3.15. The van der Waals surface area contributed by atoms with Crippen LogP contribution in [-0.2, 0) is 4.79 Å². The quantitative estimate of drug-likeness (QED) is 0.322. The number of anilines is 1. The second-order valence-corrected chi connectivity index (χ2v) is 8.46. The zero-order valence-electron chi connectivity index (χ0n) is 21.3. The molecule has 1 atom stereocenters. The van der Waals surface area contributed by atoms with Gasteiger partial charge < -0.3 is 20.1 Å². The molecule has 0 aliphatic heterocycles. The summed E-state index contributed by atoms with van der Waals surface area (Å²) in [5, 5.41) is 10.5. The van der Waals surface area contributed by atoms with Crippen LogP contribution in [0.2, 0.25) is 0 Å². The summed E-state index contributed by atoms with van der Waals surface area (Å²) in [5.74, 6) is 0.795. The minimum Gasteiger partial charge on any atom is -0.493 e. The second-order valence-electron chi connectivity index (χ2n) is 8.46. The lowest BCUT2D eigenvalue weighted by Crippen LogP contribution is -2.27. The van der Waals surface area contributed by atoms with E-state index in [9.17, 15) is 9.59 Å². The van der Waals surface area contributed by atoms with E-state index in [4.69, 9.17) is 9.47 Å². The first-order valence-corrected chi connectivity index (χ1v) is 12.0. The predicted octanol–water partition coefficient (Wildman–Crippen LogP) is 5.40. The maximum Gasteiger partial charge on any atom is 0.272 e. The Bertz CT molecular complexity index is 1380. The van der Waals surface area contributed by atoms with Gasteiger partial charge in [-0.1, -0.05) is 43.3 Å². The minimum absolute atomic E-state index is 0.0502. The molecule has 0 bridgehead atoms. The maximum absolute atomic E-state index is 13.5. The molecule has 1 aromatic heterocycles. The number of para-hydroxylation sites is 1. The van der Waals surface area contributed by atoms with Crippen molar-refractivity contribution >= 4 is 17.5 Å². The van der Waals surface area contributed by atoms with Gasteiger partial charge in [-0.15, -0.1) is 0 Å². The largest absolute Gasteiger partial charge is 0.493 e. The van der Waals surface area contributed by atoms with Crippen molar-refractivity contribution in [2.45, 2.75) is 26.3 Å². The van der Waals surface area contributed by atoms with Gasteiger partial charge in [-0.3, -0.25) is 9.59 Å². The fraction of sp³-hybridized carbons (Fsp3) is 0.207. The van der Waals surface area contributed by atoms with Crippen molar-refractivity contribution in [2.75, 3.05) is 19.5 Å². The molecule has 8 heteroatoms. The Balaban J connectivity index is 1.64. The molecule has 1 heterocycles. The summed E-state index contributed by atoms with van der Waals surface area (Å²) in [4.78, 5) is 25.1. The number of nitrogens with one attached hydrogen (secondary N) is 2. The van der Waals surface area contributed by atoms with Gasteiger partial charge in [0.2, 0.25) is 5.91 Å². The highest BCUT2D eigenvalue weighted by atomic mass is 16.5. The molecule has 37 heavy (non-hydrogen) atoms. The van der Waals surface area contributed by atoms with Crippen molar-refractivity contribution < 1.29 is 19.1 Å².